The number of likely N-dealkylation sites (N-methyl/N-ethyl adjacent to an activating group) is 1. The Labute approximate surface area is 79.0 Å². The summed E-state index contributed by atoms with van der Waals surface area (Å²) in [6.07, 6.45) is 1.78. The molecule has 1 nitrogen and oxygen atoms in total. The van der Waals surface area contributed by atoms with E-state index in [0.29, 0.717) is 0 Å². The summed E-state index contributed by atoms with van der Waals surface area (Å²) in [5.41, 5.74) is 2.15. The lowest BCUT2D eigenvalue weighted by Crippen LogP contribution is -2.10. The summed E-state index contributed by atoms with van der Waals surface area (Å²) in [6.45, 7) is 2.93. The predicted octanol–water partition coefficient (Wildman–Crippen LogP) is 2.15. The minimum atomic E-state index is -0.120. The molecule has 0 saturated carbocycles. The summed E-state index contributed by atoms with van der Waals surface area (Å²) in [5.74, 6) is -0.120. The van der Waals surface area contributed by atoms with Gasteiger partial charge in [-0.3, -0.25) is 0 Å². The van der Waals surface area contributed by atoms with Crippen LogP contribution in [0.15, 0.2) is 18.2 Å². The van der Waals surface area contributed by atoms with Crippen LogP contribution in [0.1, 0.15) is 18.1 Å². The van der Waals surface area contributed by atoms with Gasteiger partial charge in [0.15, 0.2) is 0 Å². The number of hydrogen-bond donors (Lipinski definition) is 1. The number of nitrogens with one attached hydrogen (secondary N) is 1. The van der Waals surface area contributed by atoms with Crippen molar-refractivity contribution in [3.05, 3.63) is 35.1 Å². The second-order valence-corrected chi connectivity index (χ2v) is 3.17. The highest BCUT2D eigenvalue weighted by Gasteiger charge is 1.98. The highest BCUT2D eigenvalue weighted by molar-refractivity contribution is 5.24. The first-order valence-corrected chi connectivity index (χ1v) is 4.69. The first-order chi connectivity index (χ1) is 6.26. The molecule has 1 aromatic carbocycles. The maximum atomic E-state index is 13.0. The molecular weight excluding hydrogens is 165 g/mol. The zero-order valence-electron chi connectivity index (χ0n) is 8.23. The van der Waals surface area contributed by atoms with E-state index in [2.05, 4.69) is 11.4 Å². The Morgan fingerprint density at radius 1 is 1.23 bits per heavy atom. The number of aryl methyl sites for hydroxylation is 1. The summed E-state index contributed by atoms with van der Waals surface area (Å²) in [4.78, 5) is 0. The van der Waals surface area contributed by atoms with Crippen LogP contribution >= 0.6 is 0 Å². The van der Waals surface area contributed by atoms with E-state index >= 15 is 0 Å². The number of rotatable bonds is 4. The zero-order chi connectivity index (χ0) is 9.68. The van der Waals surface area contributed by atoms with Gasteiger partial charge in [-0.2, -0.15) is 0 Å². The van der Waals surface area contributed by atoms with Gasteiger partial charge in [0.05, 0.1) is 0 Å². The normalized spacial score (nSPS) is 10.4. The molecule has 0 heterocycles. The van der Waals surface area contributed by atoms with Crippen molar-refractivity contribution in [2.24, 2.45) is 0 Å². The van der Waals surface area contributed by atoms with E-state index in [0.717, 1.165) is 30.5 Å². The maximum Gasteiger partial charge on any atom is 0.123 e. The molecule has 1 N–H and O–H groups in total. The Morgan fingerprint density at radius 3 is 2.54 bits per heavy atom. The lowest BCUT2D eigenvalue weighted by Gasteiger charge is -2.04. The molecule has 0 aliphatic heterocycles. The monoisotopic (exact) mass is 181 g/mol. The lowest BCUT2D eigenvalue weighted by atomic mass is 10.1. The average molecular weight is 181 g/mol. The quantitative estimate of drug-likeness (QED) is 0.750. The minimum absolute atomic E-state index is 0.120. The molecule has 13 heavy (non-hydrogen) atoms. The molecule has 0 atom stereocenters. The van der Waals surface area contributed by atoms with Gasteiger partial charge >= 0.3 is 0 Å². The maximum absolute atomic E-state index is 13.0. The van der Waals surface area contributed by atoms with Crippen molar-refractivity contribution in [3.63, 3.8) is 0 Å². The number of benzene rings is 1. The molecule has 0 aliphatic rings. The van der Waals surface area contributed by atoms with Gasteiger partial charge in [0.1, 0.15) is 5.82 Å². The van der Waals surface area contributed by atoms with E-state index in [9.17, 15) is 4.39 Å². The number of hydrogen-bond acceptors (Lipinski definition) is 1. The van der Waals surface area contributed by atoms with E-state index < -0.39 is 0 Å². The fourth-order valence-electron chi connectivity index (χ4n) is 1.34. The van der Waals surface area contributed by atoms with E-state index in [-0.39, 0.29) is 5.82 Å². The van der Waals surface area contributed by atoms with Crippen molar-refractivity contribution in [3.8, 4) is 0 Å². The van der Waals surface area contributed by atoms with E-state index in [1.165, 1.54) is 0 Å². The lowest BCUT2D eigenvalue weighted by molar-refractivity contribution is 0.622. The van der Waals surface area contributed by atoms with Crippen LogP contribution in [0.4, 0.5) is 4.39 Å². The van der Waals surface area contributed by atoms with Gasteiger partial charge in [0, 0.05) is 0 Å². The molecule has 0 amide bonds. The Kier molecular flexibility index (Phi) is 3.90. The molecule has 2 heteroatoms. The summed E-state index contributed by atoms with van der Waals surface area (Å²) < 4.78 is 13.0. The molecule has 0 unspecified atom stereocenters. The van der Waals surface area contributed by atoms with E-state index in [4.69, 9.17) is 0 Å². The highest BCUT2D eigenvalue weighted by atomic mass is 19.1. The van der Waals surface area contributed by atoms with Gasteiger partial charge in [-0.15, -0.1) is 0 Å². The van der Waals surface area contributed by atoms with Crippen LogP contribution in [0.25, 0.3) is 0 Å². The minimum Gasteiger partial charge on any atom is -0.319 e. The SMILES string of the molecule is CCc1cc(F)cc(CCNC)c1. The standard InChI is InChI=1S/C11H16FN/c1-3-9-6-10(4-5-13-2)8-11(12)7-9/h6-8,13H,3-5H2,1-2H3. The Hall–Kier alpha value is -0.890. The van der Waals surface area contributed by atoms with Gasteiger partial charge in [0.25, 0.3) is 0 Å². The van der Waals surface area contributed by atoms with Crippen LogP contribution < -0.4 is 5.32 Å². The third kappa shape index (κ3) is 3.15. The third-order valence-electron chi connectivity index (χ3n) is 2.09. The van der Waals surface area contributed by atoms with Crippen molar-refractivity contribution in [1.29, 1.82) is 0 Å². The van der Waals surface area contributed by atoms with Crippen molar-refractivity contribution in [2.75, 3.05) is 13.6 Å². The number of halogens is 1. The first-order valence-electron chi connectivity index (χ1n) is 4.69. The summed E-state index contributed by atoms with van der Waals surface area (Å²) in [7, 11) is 1.90. The Bertz CT molecular complexity index is 271. The second kappa shape index (κ2) is 4.97. The fourth-order valence-corrected chi connectivity index (χ4v) is 1.34. The van der Waals surface area contributed by atoms with Gasteiger partial charge < -0.3 is 5.32 Å². The van der Waals surface area contributed by atoms with Gasteiger partial charge in [-0.05, 0) is 49.7 Å². The molecule has 1 aromatic rings. The van der Waals surface area contributed by atoms with E-state index in [1.54, 1.807) is 12.1 Å². The highest BCUT2D eigenvalue weighted by Crippen LogP contribution is 2.10. The molecule has 0 fully saturated rings. The summed E-state index contributed by atoms with van der Waals surface area (Å²) >= 11 is 0. The zero-order valence-corrected chi connectivity index (χ0v) is 8.23. The molecule has 72 valence electrons. The molecule has 0 spiro atoms. The van der Waals surface area contributed by atoms with Crippen molar-refractivity contribution in [2.45, 2.75) is 19.8 Å². The second-order valence-electron chi connectivity index (χ2n) is 3.17. The van der Waals surface area contributed by atoms with Crippen LogP contribution in [0.5, 0.6) is 0 Å². The summed E-state index contributed by atoms with van der Waals surface area (Å²) in [5, 5.41) is 3.05. The molecule has 0 aliphatic carbocycles. The Balaban J connectivity index is 2.76. The largest absolute Gasteiger partial charge is 0.319 e. The van der Waals surface area contributed by atoms with Crippen LogP contribution in [0.2, 0.25) is 0 Å². The van der Waals surface area contributed by atoms with Crippen molar-refractivity contribution < 1.29 is 4.39 Å². The van der Waals surface area contributed by atoms with Crippen LogP contribution in [-0.4, -0.2) is 13.6 Å². The molecule has 1 rings (SSSR count). The smallest absolute Gasteiger partial charge is 0.123 e. The molecule has 0 aromatic heterocycles. The van der Waals surface area contributed by atoms with E-state index in [1.807, 2.05) is 14.0 Å². The Morgan fingerprint density at radius 2 is 1.92 bits per heavy atom. The topological polar surface area (TPSA) is 12.0 Å². The average Bonchev–Trinajstić information content (AvgIpc) is 2.14. The van der Waals surface area contributed by atoms with Crippen LogP contribution in [0, 0.1) is 5.82 Å². The predicted molar refractivity (Wildman–Crippen MR) is 53.4 cm³/mol. The fraction of sp³-hybridized carbons (Fsp3) is 0.455. The molecule has 0 saturated heterocycles. The molecule has 0 radical (unpaired) electrons. The third-order valence-corrected chi connectivity index (χ3v) is 2.09. The molecular formula is C11H16FN. The van der Waals surface area contributed by atoms with Crippen molar-refractivity contribution in [1.82, 2.24) is 5.32 Å². The van der Waals surface area contributed by atoms with Gasteiger partial charge in [-0.1, -0.05) is 13.0 Å². The molecule has 0 bridgehead atoms. The van der Waals surface area contributed by atoms with Gasteiger partial charge in [-0.25, -0.2) is 4.39 Å². The van der Waals surface area contributed by atoms with Gasteiger partial charge in [0.2, 0.25) is 0 Å². The first kappa shape index (κ1) is 10.2. The van der Waals surface area contributed by atoms with Crippen LogP contribution in [-0.2, 0) is 12.8 Å². The van der Waals surface area contributed by atoms with Crippen molar-refractivity contribution >= 4 is 0 Å². The summed E-state index contributed by atoms with van der Waals surface area (Å²) in [6, 6.07) is 5.28. The van der Waals surface area contributed by atoms with Crippen LogP contribution in [0.3, 0.4) is 0 Å².